The second-order valence-electron chi connectivity index (χ2n) is 8.50. The number of aliphatic carboxylic acids is 1. The van der Waals surface area contributed by atoms with E-state index in [0.29, 0.717) is 17.3 Å². The Hall–Kier alpha value is -4.49. The van der Waals surface area contributed by atoms with E-state index in [1.165, 1.54) is 0 Å². The van der Waals surface area contributed by atoms with Gasteiger partial charge in [-0.25, -0.2) is 0 Å². The molecule has 38 heavy (non-hydrogen) atoms. The van der Waals surface area contributed by atoms with Crippen LogP contribution in [0.5, 0.6) is 0 Å². The maximum absolute atomic E-state index is 13.3. The third-order valence-electron chi connectivity index (χ3n) is 6.00. The van der Waals surface area contributed by atoms with Gasteiger partial charge in [-0.1, -0.05) is 0 Å². The number of carboxylic acids is 1. The molecule has 0 spiro atoms. The Labute approximate surface area is 225 Å². The van der Waals surface area contributed by atoms with Crippen molar-refractivity contribution < 1.29 is 14.7 Å². The van der Waals surface area contributed by atoms with Crippen LogP contribution in [-0.4, -0.2) is 64.9 Å². The number of aromatic amines is 1. The van der Waals surface area contributed by atoms with Crippen LogP contribution in [0.3, 0.4) is 0 Å². The zero-order chi connectivity index (χ0) is 26.5. The van der Waals surface area contributed by atoms with E-state index in [2.05, 4.69) is 25.3 Å². The number of pyridine rings is 1. The molecule has 0 aliphatic rings. The standard InChI is InChI=1S/C28H25AsN6O3/c1-30-28-32-14-12-23(34-28)24-16-19-15-18(10-11-22(19)33-24)26(36)29-21(27(37)38)17-35(20-7-3-2-4-8-20)25-9-5-6-13-31-25/h2-16,21,29,33H,17H2,1H3,(H,37,38)(H,30,32,34). The number of hydrogen-bond acceptors (Lipinski definition) is 7. The Kier molecular flexibility index (Phi) is 7.47. The number of carbonyl (C=O) groups excluding carboxylic acids is 1. The van der Waals surface area contributed by atoms with Crippen molar-refractivity contribution in [2.45, 2.75) is 4.71 Å². The summed E-state index contributed by atoms with van der Waals surface area (Å²) in [7, 11) is 1.76. The Morgan fingerprint density at radius 3 is 2.55 bits per heavy atom. The minimum absolute atomic E-state index is 0.115. The average Bonchev–Trinajstić information content (AvgIpc) is 3.39. The molecule has 0 aliphatic carbocycles. The quantitative estimate of drug-likeness (QED) is 0.213. The van der Waals surface area contributed by atoms with Crippen LogP contribution in [-0.2, 0) is 4.79 Å². The molecule has 3 N–H and O–H groups in total. The number of nitrogens with zero attached hydrogens (tertiary/aromatic N) is 4. The van der Waals surface area contributed by atoms with Crippen LogP contribution in [0.4, 0.5) is 17.5 Å². The van der Waals surface area contributed by atoms with Gasteiger partial charge in [0.2, 0.25) is 0 Å². The van der Waals surface area contributed by atoms with Gasteiger partial charge in [-0.05, 0) is 0 Å². The number of rotatable bonds is 10. The molecule has 10 heteroatoms. The van der Waals surface area contributed by atoms with Crippen LogP contribution < -0.4 is 10.2 Å². The molecule has 9 nitrogen and oxygen atoms in total. The van der Waals surface area contributed by atoms with Crippen LogP contribution in [0, 0.1) is 0 Å². The first-order chi connectivity index (χ1) is 18.5. The molecule has 2 aromatic carbocycles. The number of anilines is 3. The number of carbonyl (C=O) groups is 2. The summed E-state index contributed by atoms with van der Waals surface area (Å²) in [6.45, 7) is 0.153. The molecule has 0 aliphatic heterocycles. The summed E-state index contributed by atoms with van der Waals surface area (Å²) < 4.78 is -0.932. The van der Waals surface area contributed by atoms with Gasteiger partial charge in [-0.2, -0.15) is 0 Å². The van der Waals surface area contributed by atoms with Crippen molar-refractivity contribution in [2.75, 3.05) is 23.8 Å². The fourth-order valence-corrected chi connectivity index (χ4v) is 6.28. The molecule has 0 bridgehead atoms. The molecule has 2 atom stereocenters. The molecular formula is C28H25AsN6O3. The van der Waals surface area contributed by atoms with Gasteiger partial charge in [0.1, 0.15) is 0 Å². The second-order valence-corrected chi connectivity index (χ2v) is 11.5. The molecule has 0 saturated carbocycles. The van der Waals surface area contributed by atoms with Crippen molar-refractivity contribution in [3.63, 3.8) is 0 Å². The topological polar surface area (TPSA) is 124 Å². The average molecular weight is 568 g/mol. The molecule has 0 radical (unpaired) electrons. The van der Waals surface area contributed by atoms with E-state index in [1.807, 2.05) is 71.6 Å². The van der Waals surface area contributed by atoms with E-state index < -0.39 is 26.4 Å². The van der Waals surface area contributed by atoms with E-state index in [0.717, 1.165) is 28.0 Å². The molecular weight excluding hydrogens is 543 g/mol. The Morgan fingerprint density at radius 2 is 1.82 bits per heavy atom. The summed E-state index contributed by atoms with van der Waals surface area (Å²) in [6, 6.07) is 24.2. The zero-order valence-electron chi connectivity index (χ0n) is 20.5. The van der Waals surface area contributed by atoms with Crippen LogP contribution in [0.1, 0.15) is 10.4 Å². The Balaban J connectivity index is 1.38. The SMILES string of the molecule is CNc1nccc(-c2cc3cc(C(=O)[AsH]C(CN(c4ccccc4)c4ccccn4)C(=O)O)ccc3[nH]2)n1. The van der Waals surface area contributed by atoms with Gasteiger partial charge in [0.05, 0.1) is 0 Å². The Bertz CT molecular complexity index is 1540. The van der Waals surface area contributed by atoms with Crippen molar-refractivity contribution in [1.82, 2.24) is 19.9 Å². The zero-order valence-corrected chi connectivity index (χ0v) is 22.6. The van der Waals surface area contributed by atoms with E-state index in [9.17, 15) is 14.7 Å². The molecule has 5 rings (SSSR count). The van der Waals surface area contributed by atoms with Crippen LogP contribution in [0.15, 0.2) is 91.3 Å². The predicted molar refractivity (Wildman–Crippen MR) is 149 cm³/mol. The van der Waals surface area contributed by atoms with Crippen molar-refractivity contribution in [1.29, 1.82) is 0 Å². The van der Waals surface area contributed by atoms with Gasteiger partial charge in [0.15, 0.2) is 0 Å². The number of nitrogens with one attached hydrogen (secondary N) is 2. The minimum atomic E-state index is -1.56. The summed E-state index contributed by atoms with van der Waals surface area (Å²) in [5, 5.41) is 13.8. The first kappa shape index (κ1) is 25.2. The number of H-pyrrole nitrogens is 1. The van der Waals surface area contributed by atoms with Crippen LogP contribution in [0.25, 0.3) is 22.3 Å². The van der Waals surface area contributed by atoms with E-state index in [-0.39, 0.29) is 11.1 Å². The molecule has 3 aromatic heterocycles. The van der Waals surface area contributed by atoms with Crippen LogP contribution in [0.2, 0.25) is 4.71 Å². The fraction of sp³-hybridized carbons (Fsp3) is 0.107. The van der Waals surface area contributed by atoms with Crippen molar-refractivity contribution in [3.05, 3.63) is 96.8 Å². The molecule has 0 amide bonds. The third-order valence-corrected chi connectivity index (χ3v) is 8.79. The molecule has 3 heterocycles. The number of para-hydroxylation sites is 1. The summed E-state index contributed by atoms with van der Waals surface area (Å²) in [4.78, 5) is 43.8. The Morgan fingerprint density at radius 1 is 1.00 bits per heavy atom. The van der Waals surface area contributed by atoms with E-state index in [1.54, 1.807) is 31.6 Å². The van der Waals surface area contributed by atoms with Gasteiger partial charge in [0.25, 0.3) is 0 Å². The summed E-state index contributed by atoms with van der Waals surface area (Å²) in [5.41, 5.74) is 3.72. The van der Waals surface area contributed by atoms with Gasteiger partial charge >= 0.3 is 226 Å². The van der Waals surface area contributed by atoms with Gasteiger partial charge < -0.3 is 0 Å². The normalized spacial score (nSPS) is 12.0. The second kappa shape index (κ2) is 11.3. The number of aromatic nitrogens is 4. The predicted octanol–water partition coefficient (Wildman–Crippen LogP) is 4.35. The summed E-state index contributed by atoms with van der Waals surface area (Å²) in [5.74, 6) is 0.165. The summed E-state index contributed by atoms with van der Waals surface area (Å²) >= 11 is -1.56. The first-order valence-corrected chi connectivity index (χ1v) is 14.2. The van der Waals surface area contributed by atoms with Gasteiger partial charge in [-0.15, -0.1) is 0 Å². The van der Waals surface area contributed by atoms with Gasteiger partial charge in [0, 0.05) is 0 Å². The number of carboxylic acid groups (broad SMARTS) is 1. The summed E-state index contributed by atoms with van der Waals surface area (Å²) in [6.07, 6.45) is 3.35. The monoisotopic (exact) mass is 568 g/mol. The third kappa shape index (κ3) is 5.58. The first-order valence-electron chi connectivity index (χ1n) is 11.9. The van der Waals surface area contributed by atoms with Crippen molar-refractivity contribution >= 4 is 54.6 Å². The van der Waals surface area contributed by atoms with E-state index in [4.69, 9.17) is 0 Å². The fourth-order valence-electron chi connectivity index (χ4n) is 4.10. The van der Waals surface area contributed by atoms with Crippen molar-refractivity contribution in [3.8, 4) is 11.4 Å². The molecule has 2 unspecified atom stereocenters. The van der Waals surface area contributed by atoms with Gasteiger partial charge in [-0.3, -0.25) is 0 Å². The molecule has 0 fully saturated rings. The van der Waals surface area contributed by atoms with Crippen LogP contribution >= 0.6 is 0 Å². The van der Waals surface area contributed by atoms with E-state index >= 15 is 0 Å². The number of hydrogen-bond donors (Lipinski definition) is 3. The number of fused-ring (bicyclic) bond motifs is 1. The maximum atomic E-state index is 13.3. The molecule has 5 aromatic rings. The van der Waals surface area contributed by atoms with Crippen molar-refractivity contribution in [2.24, 2.45) is 0 Å². The number of benzene rings is 2. The molecule has 0 saturated heterocycles. The molecule has 190 valence electrons.